The maximum atomic E-state index is 15.5. The van der Waals surface area contributed by atoms with Gasteiger partial charge in [0.25, 0.3) is 5.92 Å². The van der Waals surface area contributed by atoms with E-state index in [1.54, 1.807) is 39.0 Å². The molecule has 6 fully saturated rings. The van der Waals surface area contributed by atoms with Crippen molar-refractivity contribution in [1.82, 2.24) is 15.1 Å². The van der Waals surface area contributed by atoms with Crippen molar-refractivity contribution in [1.29, 1.82) is 5.26 Å². The fourth-order valence-electron chi connectivity index (χ4n) is 10.3. The van der Waals surface area contributed by atoms with Crippen molar-refractivity contribution in [3.05, 3.63) is 28.8 Å². The number of nitrogens with zero attached hydrogens (tertiary/aromatic N) is 3. The molecule has 2 saturated heterocycles. The molecular weight excluding hydrogens is 623 g/mol. The summed E-state index contributed by atoms with van der Waals surface area (Å²) in [5, 5.41) is 16.2. The van der Waals surface area contributed by atoms with Crippen molar-refractivity contribution in [2.75, 3.05) is 18.4 Å². The summed E-state index contributed by atoms with van der Waals surface area (Å²) < 4.78 is 43.2. The van der Waals surface area contributed by atoms with Crippen LogP contribution in [0.5, 0.6) is 0 Å². The highest BCUT2D eigenvalue weighted by molar-refractivity contribution is 6.31. The van der Waals surface area contributed by atoms with Crippen molar-refractivity contribution < 1.29 is 32.3 Å². The number of anilines is 1. The third kappa shape index (κ3) is 3.58. The Kier molecular flexibility index (Phi) is 5.85. The lowest BCUT2D eigenvalue weighted by atomic mass is 9.75. The van der Waals surface area contributed by atoms with Gasteiger partial charge in [0.15, 0.2) is 0 Å². The van der Waals surface area contributed by atoms with Gasteiger partial charge < -0.3 is 20.4 Å². The van der Waals surface area contributed by atoms with Crippen molar-refractivity contribution >= 4 is 40.9 Å². The minimum absolute atomic E-state index is 0.0216. The van der Waals surface area contributed by atoms with E-state index in [0.717, 1.165) is 0 Å². The predicted octanol–water partition coefficient (Wildman–Crippen LogP) is 3.81. The summed E-state index contributed by atoms with van der Waals surface area (Å²) in [6.45, 7) is 5.21. The smallest absolute Gasteiger partial charge is 0.260 e. The molecule has 4 amide bonds. The van der Waals surface area contributed by atoms with Crippen LogP contribution < -0.4 is 10.6 Å². The summed E-state index contributed by atoms with van der Waals surface area (Å²) in [4.78, 5) is 58.9. The third-order valence-electron chi connectivity index (χ3n) is 12.6. The van der Waals surface area contributed by atoms with Crippen LogP contribution in [0.15, 0.2) is 18.2 Å². The van der Waals surface area contributed by atoms with Gasteiger partial charge in [-0.3, -0.25) is 19.2 Å². The predicted molar refractivity (Wildman–Crippen MR) is 158 cm³/mol. The second kappa shape index (κ2) is 8.97. The molecule has 13 heteroatoms. The summed E-state index contributed by atoms with van der Waals surface area (Å²) in [5.74, 6) is -7.58. The molecule has 46 heavy (non-hydrogen) atoms. The molecule has 4 aliphatic carbocycles. The summed E-state index contributed by atoms with van der Waals surface area (Å²) in [7, 11) is 0. The first kappa shape index (κ1) is 30.0. The summed E-state index contributed by atoms with van der Waals surface area (Å²) in [5.41, 5.74) is -3.28. The first-order valence-corrected chi connectivity index (χ1v) is 16.4. The van der Waals surface area contributed by atoms with Gasteiger partial charge in [0.2, 0.25) is 23.6 Å². The minimum atomic E-state index is -3.12. The molecule has 2 bridgehead atoms. The Morgan fingerprint density at radius 1 is 1.17 bits per heavy atom. The molecular formula is C33H35ClF3N5O4. The number of likely N-dealkylation sites (tertiary alicyclic amines) is 2. The van der Waals surface area contributed by atoms with E-state index in [1.165, 1.54) is 9.80 Å². The largest absolute Gasteiger partial charge is 0.343 e. The molecule has 2 spiro atoms. The Bertz CT molecular complexity index is 1680. The van der Waals surface area contributed by atoms with Gasteiger partial charge in [-0.15, -0.1) is 0 Å². The summed E-state index contributed by atoms with van der Waals surface area (Å²) >= 11 is 6.30. The molecule has 1 aromatic rings. The molecule has 0 radical (unpaired) electrons. The molecule has 0 aromatic heterocycles. The number of nitrogens with one attached hydrogen (secondary N) is 2. The average Bonchev–Trinajstić information content (AvgIpc) is 3.42. The van der Waals surface area contributed by atoms with E-state index in [4.69, 9.17) is 11.6 Å². The minimum Gasteiger partial charge on any atom is -0.343 e. The van der Waals surface area contributed by atoms with Gasteiger partial charge in [-0.2, -0.15) is 5.26 Å². The SMILES string of the molecule is CC(C)(C)[C@H](NC(=O)[C@@H]1CC1(F)F)C(=O)N1C[C@@H]2[C@@H]3C[C@@H](F)[C@@H](C3)[C@@]23CC13C(=O)N1C[C@]2(C[C@H]1C#N)C(=O)Nc1ccc(Cl)cc12. The lowest BCUT2D eigenvalue weighted by Crippen LogP contribution is -2.61. The van der Waals surface area contributed by atoms with Crippen LogP contribution in [-0.2, 0) is 24.6 Å². The Morgan fingerprint density at radius 2 is 1.89 bits per heavy atom. The topological polar surface area (TPSA) is 123 Å². The standard InChI is InChI=1S/C33H35ClF3N5O4/c1-29(2,3)24(40-25(43)20-10-33(20,36)37)26(44)42-12-21-15-6-18(22(35)7-15)31(21)13-32(31,42)28(46)41-14-30(9-17(41)11-38)19-8-16(34)4-5-23(19)39-27(30)45/h4-5,8,15,17-18,20-22,24H,6-7,9-10,12-14H2,1-3H3,(H,39,45)(H,40,43)/t15-,17-,18+,20-,21+,22+,24+,30-,31-,32?/m0/s1. The van der Waals surface area contributed by atoms with Crippen LogP contribution in [-0.4, -0.2) is 76.2 Å². The number of amides is 4. The van der Waals surface area contributed by atoms with E-state index in [2.05, 4.69) is 16.7 Å². The number of piperidine rings is 1. The lowest BCUT2D eigenvalue weighted by Gasteiger charge is -2.39. The van der Waals surface area contributed by atoms with E-state index >= 15 is 9.18 Å². The van der Waals surface area contributed by atoms with Crippen LogP contribution >= 0.6 is 11.6 Å². The number of carbonyl (C=O) groups is 4. The molecule has 1 unspecified atom stereocenters. The molecule has 1 aromatic carbocycles. The van der Waals surface area contributed by atoms with Gasteiger partial charge >= 0.3 is 0 Å². The number of rotatable bonds is 4. The molecule has 4 saturated carbocycles. The normalized spacial score (nSPS) is 41.0. The average molecular weight is 658 g/mol. The quantitative estimate of drug-likeness (QED) is 0.510. The molecule has 8 rings (SSSR count). The molecule has 9 nitrogen and oxygen atoms in total. The van der Waals surface area contributed by atoms with Crippen LogP contribution in [0.4, 0.5) is 18.9 Å². The number of halogens is 4. The molecule has 3 heterocycles. The highest BCUT2D eigenvalue weighted by Crippen LogP contribution is 2.82. The summed E-state index contributed by atoms with van der Waals surface area (Å²) in [6.07, 6.45) is -0.505. The molecule has 10 atom stereocenters. The van der Waals surface area contributed by atoms with Gasteiger partial charge in [-0.05, 0) is 66.2 Å². The number of hydrogen-bond acceptors (Lipinski definition) is 5. The van der Waals surface area contributed by atoms with Crippen LogP contribution in [0.25, 0.3) is 0 Å². The lowest BCUT2D eigenvalue weighted by molar-refractivity contribution is -0.151. The Labute approximate surface area is 269 Å². The van der Waals surface area contributed by atoms with Gasteiger partial charge in [-0.1, -0.05) is 32.4 Å². The van der Waals surface area contributed by atoms with E-state index in [-0.39, 0.29) is 43.7 Å². The fourth-order valence-corrected chi connectivity index (χ4v) is 10.4. The Morgan fingerprint density at radius 3 is 2.54 bits per heavy atom. The highest BCUT2D eigenvalue weighted by Gasteiger charge is 2.90. The maximum absolute atomic E-state index is 15.5. The number of nitriles is 1. The third-order valence-corrected chi connectivity index (χ3v) is 12.8. The van der Waals surface area contributed by atoms with E-state index in [1.807, 2.05) is 0 Å². The van der Waals surface area contributed by atoms with Crippen LogP contribution in [0.1, 0.15) is 58.4 Å². The first-order chi connectivity index (χ1) is 21.5. The molecule has 3 aliphatic heterocycles. The molecule has 7 aliphatic rings. The van der Waals surface area contributed by atoms with Crippen LogP contribution in [0.3, 0.4) is 0 Å². The Hall–Kier alpha value is -3.33. The van der Waals surface area contributed by atoms with Crippen molar-refractivity contribution in [2.45, 2.75) is 88.0 Å². The van der Waals surface area contributed by atoms with Gasteiger partial charge in [0.05, 0.1) is 11.5 Å². The van der Waals surface area contributed by atoms with Crippen molar-refractivity contribution in [3.8, 4) is 6.07 Å². The van der Waals surface area contributed by atoms with Crippen molar-refractivity contribution in [3.63, 3.8) is 0 Å². The fraction of sp³-hybridized carbons (Fsp3) is 0.667. The van der Waals surface area contributed by atoms with Gasteiger partial charge in [0, 0.05) is 42.1 Å². The zero-order valence-electron chi connectivity index (χ0n) is 25.7. The Balaban J connectivity index is 1.18. The van der Waals surface area contributed by atoms with Crippen LogP contribution in [0, 0.1) is 45.8 Å². The monoisotopic (exact) mass is 657 g/mol. The molecule has 244 valence electrons. The van der Waals surface area contributed by atoms with E-state index in [9.17, 15) is 28.4 Å². The first-order valence-electron chi connectivity index (χ1n) is 16.0. The second-order valence-electron chi connectivity index (χ2n) is 15.8. The van der Waals surface area contributed by atoms with Crippen molar-refractivity contribution in [2.24, 2.45) is 34.5 Å². The zero-order chi connectivity index (χ0) is 32.9. The second-order valence-corrected chi connectivity index (χ2v) is 16.3. The molecule has 2 N–H and O–H groups in total. The number of fused-ring (bicyclic) bond motifs is 5. The number of benzene rings is 1. The maximum Gasteiger partial charge on any atom is 0.260 e. The highest BCUT2D eigenvalue weighted by atomic mass is 35.5. The van der Waals surface area contributed by atoms with E-state index in [0.29, 0.717) is 29.1 Å². The van der Waals surface area contributed by atoms with Gasteiger partial charge in [-0.25, -0.2) is 13.2 Å². The number of carbonyl (C=O) groups excluding carboxylic acids is 4. The summed E-state index contributed by atoms with van der Waals surface area (Å²) in [6, 6.07) is 4.98. The number of hydrogen-bond donors (Lipinski definition) is 2. The van der Waals surface area contributed by atoms with E-state index < -0.39 is 81.9 Å². The zero-order valence-corrected chi connectivity index (χ0v) is 26.5. The van der Waals surface area contributed by atoms with Gasteiger partial charge in [0.1, 0.15) is 29.7 Å². The number of alkyl halides is 3. The van der Waals surface area contributed by atoms with Crippen LogP contribution in [0.2, 0.25) is 5.02 Å².